The van der Waals surface area contributed by atoms with Gasteiger partial charge in [0.05, 0.1) is 11.1 Å². The van der Waals surface area contributed by atoms with Gasteiger partial charge >= 0.3 is 0 Å². The molecule has 1 N–H and O–H groups in total. The molecule has 0 aliphatic heterocycles. The lowest BCUT2D eigenvalue weighted by atomic mass is 10.0. The third kappa shape index (κ3) is 3.37. The average Bonchev–Trinajstić information content (AvgIpc) is 2.85. The maximum atomic E-state index is 13.6. The lowest BCUT2D eigenvalue weighted by molar-refractivity contribution is -0.115. The van der Waals surface area contributed by atoms with Crippen molar-refractivity contribution in [2.45, 2.75) is 20.3 Å². The first-order valence-corrected chi connectivity index (χ1v) is 7.85. The summed E-state index contributed by atoms with van der Waals surface area (Å²) in [6, 6.07) is 7.90. The highest BCUT2D eigenvalue weighted by Gasteiger charge is 2.13. The van der Waals surface area contributed by atoms with Crippen LogP contribution in [0.15, 0.2) is 30.3 Å². The highest BCUT2D eigenvalue weighted by molar-refractivity contribution is 7.22. The summed E-state index contributed by atoms with van der Waals surface area (Å²) in [6.07, 6.45) is 0.209. The third-order valence-corrected chi connectivity index (χ3v) is 4.43. The van der Waals surface area contributed by atoms with E-state index in [1.165, 1.54) is 6.07 Å². The van der Waals surface area contributed by atoms with Crippen LogP contribution in [0, 0.1) is 25.5 Å². The van der Waals surface area contributed by atoms with Gasteiger partial charge in [0, 0.05) is 6.07 Å². The Morgan fingerprint density at radius 2 is 2.00 bits per heavy atom. The molecule has 0 fully saturated rings. The number of fused-ring (bicyclic) bond motifs is 1. The molecule has 6 heteroatoms. The SMILES string of the molecule is Cc1ccc(C)c(CC(=O)Nc2nc3c(F)cc(F)cc3s2)c1. The van der Waals surface area contributed by atoms with E-state index < -0.39 is 11.6 Å². The second kappa shape index (κ2) is 6.04. The van der Waals surface area contributed by atoms with Crippen molar-refractivity contribution in [1.82, 2.24) is 4.98 Å². The number of aryl methyl sites for hydroxylation is 2. The number of hydrogen-bond donors (Lipinski definition) is 1. The summed E-state index contributed by atoms with van der Waals surface area (Å²) in [4.78, 5) is 16.2. The molecule has 0 aliphatic carbocycles. The number of hydrogen-bond acceptors (Lipinski definition) is 3. The molecule has 3 rings (SSSR count). The van der Waals surface area contributed by atoms with E-state index in [0.717, 1.165) is 34.1 Å². The lowest BCUT2D eigenvalue weighted by Gasteiger charge is -2.06. The molecule has 0 saturated heterocycles. The van der Waals surface area contributed by atoms with Gasteiger partial charge in [-0.2, -0.15) is 0 Å². The minimum absolute atomic E-state index is 0.0680. The number of carbonyl (C=O) groups is 1. The van der Waals surface area contributed by atoms with Gasteiger partial charge in [-0.15, -0.1) is 0 Å². The molecular weight excluding hydrogens is 318 g/mol. The van der Waals surface area contributed by atoms with Crippen LogP contribution in [0.4, 0.5) is 13.9 Å². The van der Waals surface area contributed by atoms with E-state index in [0.29, 0.717) is 4.70 Å². The second-order valence-corrected chi connectivity index (χ2v) is 6.44. The number of rotatable bonds is 3. The molecule has 118 valence electrons. The van der Waals surface area contributed by atoms with Crippen molar-refractivity contribution in [3.05, 3.63) is 58.7 Å². The number of halogens is 2. The Labute approximate surface area is 136 Å². The molecular formula is C17H14F2N2OS. The van der Waals surface area contributed by atoms with Crippen molar-refractivity contribution >= 4 is 32.6 Å². The van der Waals surface area contributed by atoms with Crippen LogP contribution in [0.5, 0.6) is 0 Å². The van der Waals surface area contributed by atoms with E-state index in [1.807, 2.05) is 32.0 Å². The molecule has 0 aliphatic rings. The van der Waals surface area contributed by atoms with Crippen LogP contribution in [0.3, 0.4) is 0 Å². The van der Waals surface area contributed by atoms with Gasteiger partial charge in [-0.05, 0) is 31.0 Å². The average molecular weight is 332 g/mol. The van der Waals surface area contributed by atoms with E-state index in [-0.39, 0.29) is 23.0 Å². The highest BCUT2D eigenvalue weighted by Crippen LogP contribution is 2.28. The monoisotopic (exact) mass is 332 g/mol. The number of anilines is 1. The maximum Gasteiger partial charge on any atom is 0.230 e. The second-order valence-electron chi connectivity index (χ2n) is 5.41. The maximum absolute atomic E-state index is 13.6. The zero-order valence-corrected chi connectivity index (χ0v) is 13.4. The summed E-state index contributed by atoms with van der Waals surface area (Å²) in [7, 11) is 0. The van der Waals surface area contributed by atoms with E-state index >= 15 is 0 Å². The minimum Gasteiger partial charge on any atom is -0.302 e. The van der Waals surface area contributed by atoms with Crippen molar-refractivity contribution in [2.75, 3.05) is 5.32 Å². The largest absolute Gasteiger partial charge is 0.302 e. The molecule has 0 unspecified atom stereocenters. The quantitative estimate of drug-likeness (QED) is 0.774. The summed E-state index contributed by atoms with van der Waals surface area (Å²) in [5.41, 5.74) is 3.11. The van der Waals surface area contributed by atoms with E-state index in [9.17, 15) is 13.6 Å². The Hall–Kier alpha value is -2.34. The molecule has 1 heterocycles. The summed E-state index contributed by atoms with van der Waals surface area (Å²) in [5.74, 6) is -1.63. The molecule has 23 heavy (non-hydrogen) atoms. The Morgan fingerprint density at radius 1 is 1.22 bits per heavy atom. The topological polar surface area (TPSA) is 42.0 Å². The molecule has 1 amide bonds. The molecule has 3 aromatic rings. The summed E-state index contributed by atoms with van der Waals surface area (Å²) < 4.78 is 27.2. The predicted molar refractivity (Wildman–Crippen MR) is 87.8 cm³/mol. The fourth-order valence-electron chi connectivity index (χ4n) is 2.34. The molecule has 0 spiro atoms. The summed E-state index contributed by atoms with van der Waals surface area (Å²) in [5, 5.41) is 2.92. The van der Waals surface area contributed by atoms with Gasteiger partial charge in [-0.3, -0.25) is 4.79 Å². The Morgan fingerprint density at radius 3 is 2.78 bits per heavy atom. The fraction of sp³-hybridized carbons (Fsp3) is 0.176. The number of nitrogens with one attached hydrogen (secondary N) is 1. The molecule has 1 aromatic heterocycles. The normalized spacial score (nSPS) is 11.0. The number of thiazole rings is 1. The van der Waals surface area contributed by atoms with Crippen LogP contribution in [0.25, 0.3) is 10.2 Å². The van der Waals surface area contributed by atoms with E-state index in [4.69, 9.17) is 0 Å². The van der Waals surface area contributed by atoms with Gasteiger partial charge in [0.15, 0.2) is 10.9 Å². The number of carbonyl (C=O) groups excluding carboxylic acids is 1. The first-order valence-electron chi connectivity index (χ1n) is 7.04. The Kier molecular flexibility index (Phi) is 4.09. The molecule has 2 aromatic carbocycles. The zero-order chi connectivity index (χ0) is 16.6. The van der Waals surface area contributed by atoms with Gasteiger partial charge in [0.1, 0.15) is 11.3 Å². The first kappa shape index (κ1) is 15.6. The Balaban J connectivity index is 1.80. The number of aromatic nitrogens is 1. The third-order valence-electron chi connectivity index (χ3n) is 3.52. The fourth-order valence-corrected chi connectivity index (χ4v) is 3.26. The predicted octanol–water partition coefficient (Wildman–Crippen LogP) is 4.37. The minimum atomic E-state index is -0.730. The van der Waals surface area contributed by atoms with Gasteiger partial charge in [-0.25, -0.2) is 13.8 Å². The standard InChI is InChI=1S/C17H14F2N2OS/c1-9-3-4-10(2)11(5-9)6-15(22)20-17-21-16-13(19)7-12(18)8-14(16)23-17/h3-5,7-8H,6H2,1-2H3,(H,20,21,22). The van der Waals surface area contributed by atoms with Crippen LogP contribution < -0.4 is 5.32 Å². The van der Waals surface area contributed by atoms with E-state index in [2.05, 4.69) is 10.3 Å². The van der Waals surface area contributed by atoms with Gasteiger partial charge in [0.2, 0.25) is 5.91 Å². The van der Waals surface area contributed by atoms with Crippen LogP contribution in [0.2, 0.25) is 0 Å². The van der Waals surface area contributed by atoms with Crippen molar-refractivity contribution in [3.63, 3.8) is 0 Å². The smallest absolute Gasteiger partial charge is 0.230 e. The number of benzene rings is 2. The van der Waals surface area contributed by atoms with Crippen molar-refractivity contribution < 1.29 is 13.6 Å². The molecule has 0 radical (unpaired) electrons. The zero-order valence-electron chi connectivity index (χ0n) is 12.6. The summed E-state index contributed by atoms with van der Waals surface area (Å²) >= 11 is 1.05. The van der Waals surface area contributed by atoms with Gasteiger partial charge in [-0.1, -0.05) is 35.1 Å². The molecule has 3 nitrogen and oxygen atoms in total. The first-order chi connectivity index (χ1) is 10.9. The lowest BCUT2D eigenvalue weighted by Crippen LogP contribution is -2.15. The van der Waals surface area contributed by atoms with Crippen molar-refractivity contribution in [1.29, 1.82) is 0 Å². The molecule has 0 atom stereocenters. The van der Waals surface area contributed by atoms with Gasteiger partial charge in [0.25, 0.3) is 0 Å². The van der Waals surface area contributed by atoms with Crippen molar-refractivity contribution in [3.8, 4) is 0 Å². The molecule has 0 bridgehead atoms. The van der Waals surface area contributed by atoms with Crippen LogP contribution in [-0.4, -0.2) is 10.9 Å². The molecule has 0 saturated carbocycles. The number of nitrogens with zero attached hydrogens (tertiary/aromatic N) is 1. The van der Waals surface area contributed by atoms with Crippen LogP contribution in [0.1, 0.15) is 16.7 Å². The highest BCUT2D eigenvalue weighted by atomic mass is 32.1. The van der Waals surface area contributed by atoms with Gasteiger partial charge < -0.3 is 5.32 Å². The number of amides is 1. The van der Waals surface area contributed by atoms with Crippen molar-refractivity contribution in [2.24, 2.45) is 0 Å². The van der Waals surface area contributed by atoms with E-state index in [1.54, 1.807) is 0 Å². The van der Waals surface area contributed by atoms with Crippen LogP contribution in [-0.2, 0) is 11.2 Å². The Bertz CT molecular complexity index is 905. The van der Waals surface area contributed by atoms with Crippen LogP contribution >= 0.6 is 11.3 Å². The summed E-state index contributed by atoms with van der Waals surface area (Å²) in [6.45, 7) is 3.91.